The molecular formula is C18H23N5O2. The lowest BCUT2D eigenvalue weighted by Crippen LogP contribution is -2.44. The van der Waals surface area contributed by atoms with E-state index in [0.717, 1.165) is 28.9 Å². The van der Waals surface area contributed by atoms with Gasteiger partial charge in [0.05, 0.1) is 17.9 Å². The van der Waals surface area contributed by atoms with Gasteiger partial charge >= 0.3 is 6.03 Å². The van der Waals surface area contributed by atoms with Crippen molar-refractivity contribution >= 4 is 11.9 Å². The van der Waals surface area contributed by atoms with E-state index in [4.69, 9.17) is 0 Å². The normalized spacial score (nSPS) is 13.5. The summed E-state index contributed by atoms with van der Waals surface area (Å²) in [5, 5.41) is 9.84. The molecule has 1 aliphatic rings. The molecule has 0 fully saturated rings. The zero-order chi connectivity index (χ0) is 17.8. The molecule has 1 aromatic heterocycles. The molecule has 7 heteroatoms. The fourth-order valence-electron chi connectivity index (χ4n) is 3.06. The van der Waals surface area contributed by atoms with E-state index in [1.807, 2.05) is 44.3 Å². The molecule has 2 heterocycles. The second-order valence-electron chi connectivity index (χ2n) is 6.21. The van der Waals surface area contributed by atoms with Crippen molar-refractivity contribution in [3.8, 4) is 0 Å². The van der Waals surface area contributed by atoms with Crippen LogP contribution in [0.3, 0.4) is 0 Å². The first-order chi connectivity index (χ1) is 12.0. The summed E-state index contributed by atoms with van der Waals surface area (Å²) < 4.78 is 1.75. The van der Waals surface area contributed by atoms with Gasteiger partial charge < -0.3 is 15.5 Å². The van der Waals surface area contributed by atoms with E-state index < -0.39 is 0 Å². The molecular weight excluding hydrogens is 318 g/mol. The van der Waals surface area contributed by atoms with E-state index in [-0.39, 0.29) is 11.9 Å². The van der Waals surface area contributed by atoms with Crippen molar-refractivity contribution < 1.29 is 9.59 Å². The summed E-state index contributed by atoms with van der Waals surface area (Å²) in [5.41, 5.74) is 3.73. The minimum atomic E-state index is -0.247. The Morgan fingerprint density at radius 1 is 1.28 bits per heavy atom. The number of aromatic nitrogens is 2. The molecule has 0 unspecified atom stereocenters. The number of urea groups is 1. The molecule has 3 amide bonds. The highest BCUT2D eigenvalue weighted by Crippen LogP contribution is 2.17. The molecule has 1 aromatic carbocycles. The zero-order valence-electron chi connectivity index (χ0n) is 14.6. The van der Waals surface area contributed by atoms with Gasteiger partial charge in [-0.2, -0.15) is 5.10 Å². The van der Waals surface area contributed by atoms with Gasteiger partial charge in [-0.05, 0) is 31.0 Å². The minimum absolute atomic E-state index is 0.0365. The number of hydrogen-bond acceptors (Lipinski definition) is 3. The third-order valence-electron chi connectivity index (χ3n) is 4.38. The highest BCUT2D eigenvalue weighted by molar-refractivity contribution is 5.96. The van der Waals surface area contributed by atoms with E-state index in [1.165, 1.54) is 0 Å². The van der Waals surface area contributed by atoms with Crippen LogP contribution in [0.25, 0.3) is 0 Å². The van der Waals surface area contributed by atoms with Gasteiger partial charge in [-0.25, -0.2) is 4.79 Å². The lowest BCUT2D eigenvalue weighted by molar-refractivity contribution is 0.0741. The van der Waals surface area contributed by atoms with E-state index in [0.29, 0.717) is 26.2 Å². The first-order valence-electron chi connectivity index (χ1n) is 8.43. The molecule has 0 saturated heterocycles. The number of aryl methyl sites for hydroxylation is 2. The van der Waals surface area contributed by atoms with Crippen LogP contribution < -0.4 is 10.6 Å². The van der Waals surface area contributed by atoms with Crippen molar-refractivity contribution in [2.75, 3.05) is 19.6 Å². The fourth-order valence-corrected chi connectivity index (χ4v) is 3.06. The van der Waals surface area contributed by atoms with E-state index in [2.05, 4.69) is 15.7 Å². The SMILES string of the molecule is Cc1cc(CNC(=O)NCCN2CCc3ccccc3C2=O)n(C)n1. The van der Waals surface area contributed by atoms with E-state index in [9.17, 15) is 9.59 Å². The fraction of sp³-hybridized carbons (Fsp3) is 0.389. The van der Waals surface area contributed by atoms with Gasteiger partial charge in [0.2, 0.25) is 0 Å². The summed E-state index contributed by atoms with van der Waals surface area (Å²) in [6.07, 6.45) is 0.855. The van der Waals surface area contributed by atoms with Crippen molar-refractivity contribution in [2.45, 2.75) is 19.9 Å². The number of nitrogens with one attached hydrogen (secondary N) is 2. The molecule has 0 saturated carbocycles. The summed E-state index contributed by atoms with van der Waals surface area (Å²) in [6, 6.07) is 9.38. The molecule has 1 aliphatic heterocycles. The molecule has 0 atom stereocenters. The highest BCUT2D eigenvalue weighted by atomic mass is 16.2. The summed E-state index contributed by atoms with van der Waals surface area (Å²) in [5.74, 6) is 0.0365. The Kier molecular flexibility index (Phi) is 5.02. The number of carbonyl (C=O) groups excluding carboxylic acids is 2. The maximum Gasteiger partial charge on any atom is 0.315 e. The largest absolute Gasteiger partial charge is 0.337 e. The number of nitrogens with zero attached hydrogens (tertiary/aromatic N) is 3. The van der Waals surface area contributed by atoms with Crippen LogP contribution in [0.1, 0.15) is 27.3 Å². The van der Waals surface area contributed by atoms with Crippen molar-refractivity contribution in [1.82, 2.24) is 25.3 Å². The van der Waals surface area contributed by atoms with Gasteiger partial charge in [0, 0.05) is 32.2 Å². The number of hydrogen-bond donors (Lipinski definition) is 2. The maximum atomic E-state index is 12.4. The van der Waals surface area contributed by atoms with Crippen LogP contribution in [0.2, 0.25) is 0 Å². The number of fused-ring (bicyclic) bond motifs is 1. The molecule has 0 bridgehead atoms. The first kappa shape index (κ1) is 17.0. The topological polar surface area (TPSA) is 79.3 Å². The number of rotatable bonds is 5. The average molecular weight is 341 g/mol. The highest BCUT2D eigenvalue weighted by Gasteiger charge is 2.23. The molecule has 7 nitrogen and oxygen atoms in total. The molecule has 132 valence electrons. The predicted molar refractivity (Wildman–Crippen MR) is 94.2 cm³/mol. The Morgan fingerprint density at radius 2 is 2.08 bits per heavy atom. The van der Waals surface area contributed by atoms with Crippen molar-refractivity contribution in [3.05, 3.63) is 52.8 Å². The van der Waals surface area contributed by atoms with Crippen molar-refractivity contribution in [3.63, 3.8) is 0 Å². The van der Waals surface area contributed by atoms with Crippen molar-refractivity contribution in [1.29, 1.82) is 0 Å². The van der Waals surface area contributed by atoms with Crippen molar-refractivity contribution in [2.24, 2.45) is 7.05 Å². The molecule has 0 spiro atoms. The number of amides is 3. The smallest absolute Gasteiger partial charge is 0.315 e. The number of benzene rings is 1. The summed E-state index contributed by atoms with van der Waals surface area (Å²) >= 11 is 0. The van der Waals surface area contributed by atoms with Gasteiger partial charge in [0.1, 0.15) is 0 Å². The quantitative estimate of drug-likeness (QED) is 0.858. The standard InChI is InChI=1S/C18H23N5O2/c1-13-11-15(22(2)21-13)12-20-18(25)19-8-10-23-9-7-14-5-3-4-6-16(14)17(23)24/h3-6,11H,7-10,12H2,1-2H3,(H2,19,20,25). The minimum Gasteiger partial charge on any atom is -0.337 e. The van der Waals surface area contributed by atoms with Crippen LogP contribution >= 0.6 is 0 Å². The van der Waals surface area contributed by atoms with Gasteiger partial charge in [-0.1, -0.05) is 18.2 Å². The van der Waals surface area contributed by atoms with Crippen LogP contribution in [0.15, 0.2) is 30.3 Å². The second-order valence-corrected chi connectivity index (χ2v) is 6.21. The molecule has 3 rings (SSSR count). The average Bonchev–Trinajstić information content (AvgIpc) is 2.93. The third-order valence-corrected chi connectivity index (χ3v) is 4.38. The lowest BCUT2D eigenvalue weighted by Gasteiger charge is -2.28. The predicted octanol–water partition coefficient (Wildman–Crippen LogP) is 1.23. The molecule has 0 radical (unpaired) electrons. The lowest BCUT2D eigenvalue weighted by atomic mass is 9.99. The molecule has 0 aliphatic carbocycles. The molecule has 25 heavy (non-hydrogen) atoms. The van der Waals surface area contributed by atoms with Gasteiger partial charge in [0.25, 0.3) is 5.91 Å². The first-order valence-corrected chi connectivity index (χ1v) is 8.43. The molecule has 2 aromatic rings. The summed E-state index contributed by atoms with van der Waals surface area (Å²) in [7, 11) is 1.85. The number of carbonyl (C=O) groups is 2. The third kappa shape index (κ3) is 3.99. The Bertz CT molecular complexity index is 784. The van der Waals surface area contributed by atoms with Gasteiger partial charge in [-0.3, -0.25) is 9.48 Å². The Balaban J connectivity index is 1.43. The van der Waals surface area contributed by atoms with Crippen LogP contribution in [-0.4, -0.2) is 46.3 Å². The van der Waals surface area contributed by atoms with Crippen LogP contribution in [0, 0.1) is 6.92 Å². The zero-order valence-corrected chi connectivity index (χ0v) is 14.6. The van der Waals surface area contributed by atoms with Gasteiger partial charge in [0.15, 0.2) is 0 Å². The van der Waals surface area contributed by atoms with Gasteiger partial charge in [-0.15, -0.1) is 0 Å². The maximum absolute atomic E-state index is 12.4. The Hall–Kier alpha value is -2.83. The summed E-state index contributed by atoms with van der Waals surface area (Å²) in [6.45, 7) is 3.94. The monoisotopic (exact) mass is 341 g/mol. The van der Waals surface area contributed by atoms with Crippen LogP contribution in [-0.2, 0) is 20.0 Å². The Morgan fingerprint density at radius 3 is 2.84 bits per heavy atom. The Labute approximate surface area is 147 Å². The molecule has 2 N–H and O–H groups in total. The van der Waals surface area contributed by atoms with E-state index in [1.54, 1.807) is 9.58 Å². The van der Waals surface area contributed by atoms with Crippen LogP contribution in [0.4, 0.5) is 4.79 Å². The summed E-state index contributed by atoms with van der Waals surface area (Å²) in [4.78, 5) is 26.1. The van der Waals surface area contributed by atoms with Crippen LogP contribution in [0.5, 0.6) is 0 Å². The van der Waals surface area contributed by atoms with E-state index >= 15 is 0 Å². The second kappa shape index (κ2) is 7.38.